The fourth-order valence-electron chi connectivity index (χ4n) is 2.16. The molecule has 108 valence electrons. The molecule has 2 aliphatic heterocycles. The van der Waals surface area contributed by atoms with Crippen LogP contribution in [0.3, 0.4) is 0 Å². The molecule has 0 fully saturated rings. The Kier molecular flexibility index (Phi) is 3.26. The minimum absolute atomic E-state index is 0.0847. The van der Waals surface area contributed by atoms with Crippen LogP contribution in [0.15, 0.2) is 22.7 Å². The van der Waals surface area contributed by atoms with Crippen LogP contribution in [-0.4, -0.2) is 67.2 Å². The van der Waals surface area contributed by atoms with Crippen molar-refractivity contribution in [3.63, 3.8) is 0 Å². The van der Waals surface area contributed by atoms with Gasteiger partial charge < -0.3 is 19.5 Å². The van der Waals surface area contributed by atoms with E-state index in [0.29, 0.717) is 0 Å². The number of carbonyl (C=O) groups excluding carboxylic acids is 3. The molecule has 20 heavy (non-hydrogen) atoms. The molecule has 0 aromatic rings. The van der Waals surface area contributed by atoms with Crippen LogP contribution in [0.25, 0.3) is 0 Å². The number of nitrogens with zero attached hydrogens (tertiary/aromatic N) is 2. The van der Waals surface area contributed by atoms with E-state index in [4.69, 9.17) is 9.47 Å². The van der Waals surface area contributed by atoms with Gasteiger partial charge in [-0.25, -0.2) is 0 Å². The molecule has 0 bridgehead atoms. The average Bonchev–Trinajstić information content (AvgIpc) is 2.78. The first-order valence-corrected chi connectivity index (χ1v) is 5.71. The van der Waals surface area contributed by atoms with Gasteiger partial charge in [0.2, 0.25) is 0 Å². The van der Waals surface area contributed by atoms with Gasteiger partial charge in [-0.15, -0.1) is 0 Å². The number of methoxy groups -OCH3 is 2. The van der Waals surface area contributed by atoms with Crippen molar-refractivity contribution in [2.24, 2.45) is 0 Å². The van der Waals surface area contributed by atoms with Gasteiger partial charge in [0.25, 0.3) is 17.7 Å². The van der Waals surface area contributed by atoms with Crippen LogP contribution in [0.2, 0.25) is 0 Å². The van der Waals surface area contributed by atoms with E-state index < -0.39 is 23.9 Å². The summed E-state index contributed by atoms with van der Waals surface area (Å²) in [6.07, 6.45) is -1.30. The SMILES string of the molecule is COC1=C(C2=C(OC)C(O)N(C)C2=O)C(=O)N(C)C1=O. The number of carbonyl (C=O) groups is 3. The molecule has 3 amide bonds. The number of amides is 3. The summed E-state index contributed by atoms with van der Waals surface area (Å²) in [5.74, 6) is -2.26. The first-order chi connectivity index (χ1) is 9.36. The first-order valence-electron chi connectivity index (χ1n) is 5.71. The van der Waals surface area contributed by atoms with E-state index in [0.717, 1.165) is 9.80 Å². The monoisotopic (exact) mass is 282 g/mol. The van der Waals surface area contributed by atoms with Crippen LogP contribution in [0, 0.1) is 0 Å². The van der Waals surface area contributed by atoms with Gasteiger partial charge in [-0.05, 0) is 0 Å². The van der Waals surface area contributed by atoms with Crippen LogP contribution in [0.4, 0.5) is 0 Å². The minimum Gasteiger partial charge on any atom is -0.495 e. The molecule has 0 aromatic heterocycles. The summed E-state index contributed by atoms with van der Waals surface area (Å²) in [7, 11) is 5.13. The molecule has 0 saturated heterocycles. The Morgan fingerprint density at radius 2 is 1.55 bits per heavy atom. The van der Waals surface area contributed by atoms with E-state index in [-0.39, 0.29) is 22.7 Å². The van der Waals surface area contributed by atoms with Gasteiger partial charge in [0.15, 0.2) is 17.7 Å². The predicted octanol–water partition coefficient (Wildman–Crippen LogP) is -1.42. The van der Waals surface area contributed by atoms with Crippen molar-refractivity contribution < 1.29 is 29.0 Å². The quantitative estimate of drug-likeness (QED) is 0.638. The number of imide groups is 1. The smallest absolute Gasteiger partial charge is 0.296 e. The van der Waals surface area contributed by atoms with E-state index >= 15 is 0 Å². The third-order valence-electron chi connectivity index (χ3n) is 3.30. The third kappa shape index (κ3) is 1.61. The number of hydrogen-bond donors (Lipinski definition) is 1. The second-order valence-corrected chi connectivity index (χ2v) is 4.31. The van der Waals surface area contributed by atoms with E-state index in [9.17, 15) is 19.5 Å². The van der Waals surface area contributed by atoms with Crippen LogP contribution < -0.4 is 0 Å². The van der Waals surface area contributed by atoms with E-state index in [2.05, 4.69) is 0 Å². The van der Waals surface area contributed by atoms with Gasteiger partial charge >= 0.3 is 0 Å². The Bertz CT molecular complexity index is 576. The summed E-state index contributed by atoms with van der Waals surface area (Å²) >= 11 is 0. The fraction of sp³-hybridized carbons (Fsp3) is 0.417. The molecular formula is C12H14N2O6. The molecule has 0 aliphatic carbocycles. The van der Waals surface area contributed by atoms with Crippen LogP contribution in [0.5, 0.6) is 0 Å². The molecule has 8 nitrogen and oxygen atoms in total. The van der Waals surface area contributed by atoms with Gasteiger partial charge in [0.05, 0.1) is 19.8 Å². The maximum Gasteiger partial charge on any atom is 0.296 e. The maximum absolute atomic E-state index is 12.1. The molecule has 1 unspecified atom stereocenters. The van der Waals surface area contributed by atoms with Crippen molar-refractivity contribution in [1.29, 1.82) is 0 Å². The van der Waals surface area contributed by atoms with Crippen molar-refractivity contribution in [3.8, 4) is 0 Å². The Labute approximate surface area is 114 Å². The highest BCUT2D eigenvalue weighted by Crippen LogP contribution is 2.34. The Balaban J connectivity index is 2.68. The second-order valence-electron chi connectivity index (χ2n) is 4.31. The van der Waals surface area contributed by atoms with E-state index in [1.54, 1.807) is 0 Å². The van der Waals surface area contributed by atoms with Crippen molar-refractivity contribution in [3.05, 3.63) is 22.7 Å². The van der Waals surface area contributed by atoms with Gasteiger partial charge in [0, 0.05) is 14.1 Å². The summed E-state index contributed by atoms with van der Waals surface area (Å²) in [6, 6.07) is 0. The number of ether oxygens (including phenoxy) is 2. The fourth-order valence-corrected chi connectivity index (χ4v) is 2.16. The standard InChI is InChI=1S/C12H14N2O6/c1-13-9(15)5(7(19-3)11(13)17)6-8(20-4)12(18)14(2)10(6)16/h11,17H,1-4H3. The zero-order valence-corrected chi connectivity index (χ0v) is 11.5. The average molecular weight is 282 g/mol. The van der Waals surface area contributed by atoms with Gasteiger partial charge in [0.1, 0.15) is 5.57 Å². The van der Waals surface area contributed by atoms with Crippen LogP contribution in [-0.2, 0) is 23.9 Å². The minimum atomic E-state index is -1.30. The lowest BCUT2D eigenvalue weighted by Crippen LogP contribution is -2.32. The molecule has 0 saturated carbocycles. The highest BCUT2D eigenvalue weighted by molar-refractivity contribution is 6.25. The summed E-state index contributed by atoms with van der Waals surface area (Å²) in [5, 5.41) is 9.88. The number of aliphatic hydroxyl groups is 1. The number of aliphatic hydroxyl groups excluding tert-OH is 1. The number of hydrogen-bond acceptors (Lipinski definition) is 6. The third-order valence-corrected chi connectivity index (χ3v) is 3.30. The Morgan fingerprint density at radius 1 is 0.950 bits per heavy atom. The Morgan fingerprint density at radius 3 is 2.05 bits per heavy atom. The summed E-state index contributed by atoms with van der Waals surface area (Å²) < 4.78 is 9.92. The van der Waals surface area contributed by atoms with Gasteiger partial charge in [-0.1, -0.05) is 0 Å². The molecule has 0 aromatic carbocycles. The van der Waals surface area contributed by atoms with Crippen LogP contribution >= 0.6 is 0 Å². The Hall–Kier alpha value is -2.35. The maximum atomic E-state index is 12.1. The zero-order chi connectivity index (χ0) is 15.2. The lowest BCUT2D eigenvalue weighted by molar-refractivity contribution is -0.137. The van der Waals surface area contributed by atoms with Crippen molar-refractivity contribution >= 4 is 17.7 Å². The molecule has 8 heteroatoms. The molecular weight excluding hydrogens is 268 g/mol. The van der Waals surface area contributed by atoms with Gasteiger partial charge in [-0.3, -0.25) is 19.3 Å². The van der Waals surface area contributed by atoms with E-state index in [1.807, 2.05) is 0 Å². The highest BCUT2D eigenvalue weighted by Gasteiger charge is 2.47. The zero-order valence-electron chi connectivity index (χ0n) is 11.5. The first kappa shape index (κ1) is 14.1. The summed E-state index contributed by atoms with van der Waals surface area (Å²) in [4.78, 5) is 38.0. The molecule has 1 atom stereocenters. The number of likely N-dealkylation sites (N-methyl/N-ethyl adjacent to an activating group) is 2. The summed E-state index contributed by atoms with van der Waals surface area (Å²) in [6.45, 7) is 0. The van der Waals surface area contributed by atoms with Crippen molar-refractivity contribution in [2.45, 2.75) is 6.23 Å². The van der Waals surface area contributed by atoms with Crippen LogP contribution in [0.1, 0.15) is 0 Å². The van der Waals surface area contributed by atoms with Gasteiger partial charge in [-0.2, -0.15) is 0 Å². The number of rotatable bonds is 3. The predicted molar refractivity (Wildman–Crippen MR) is 64.6 cm³/mol. The highest BCUT2D eigenvalue weighted by atomic mass is 16.5. The van der Waals surface area contributed by atoms with E-state index in [1.165, 1.54) is 28.3 Å². The molecule has 1 N–H and O–H groups in total. The molecule has 2 aliphatic rings. The summed E-state index contributed by atoms with van der Waals surface area (Å²) in [5.41, 5.74) is -0.340. The van der Waals surface area contributed by atoms with Crippen molar-refractivity contribution in [2.75, 3.05) is 28.3 Å². The molecule has 0 radical (unpaired) electrons. The lowest BCUT2D eigenvalue weighted by atomic mass is 10.1. The van der Waals surface area contributed by atoms with Crippen molar-refractivity contribution in [1.82, 2.24) is 9.80 Å². The molecule has 2 heterocycles. The lowest BCUT2D eigenvalue weighted by Gasteiger charge is -2.15. The molecule has 2 rings (SSSR count). The topological polar surface area (TPSA) is 96.4 Å². The largest absolute Gasteiger partial charge is 0.495 e. The normalized spacial score (nSPS) is 23.4. The second kappa shape index (κ2) is 4.64. The molecule has 0 spiro atoms.